The predicted molar refractivity (Wildman–Crippen MR) is 122 cm³/mol. The highest BCUT2D eigenvalue weighted by molar-refractivity contribution is 7.98. The van der Waals surface area contributed by atoms with Gasteiger partial charge in [-0.3, -0.25) is 14.3 Å². The molecule has 0 bridgehead atoms. The molecule has 0 saturated heterocycles. The van der Waals surface area contributed by atoms with Crippen molar-refractivity contribution in [3.63, 3.8) is 0 Å². The third-order valence-electron chi connectivity index (χ3n) is 4.68. The molecule has 9 heteroatoms. The number of carbonyl (C=O) groups excluding carboxylic acids is 1. The summed E-state index contributed by atoms with van der Waals surface area (Å²) in [5, 5.41) is 2.76. The van der Waals surface area contributed by atoms with E-state index < -0.39 is 11.7 Å². The van der Waals surface area contributed by atoms with Crippen LogP contribution in [0.3, 0.4) is 0 Å². The molecule has 0 aliphatic rings. The average molecular weight is 452 g/mol. The summed E-state index contributed by atoms with van der Waals surface area (Å²) >= 11 is 1.42. The van der Waals surface area contributed by atoms with Crippen LogP contribution in [0, 0.1) is 11.7 Å². The van der Waals surface area contributed by atoms with Crippen molar-refractivity contribution in [3.8, 4) is 0 Å². The summed E-state index contributed by atoms with van der Waals surface area (Å²) in [6, 6.07) is 14.6. The maximum absolute atomic E-state index is 13.9. The number of halogens is 1. The first-order valence-electron chi connectivity index (χ1n) is 10.1. The topological polar surface area (TPSA) is 81.3 Å². The van der Waals surface area contributed by atoms with Crippen LogP contribution >= 0.6 is 11.8 Å². The molecule has 0 aliphatic carbocycles. The Hall–Kier alpha value is -3.46. The number of anilines is 1. The van der Waals surface area contributed by atoms with Gasteiger partial charge in [0, 0.05) is 23.3 Å². The van der Waals surface area contributed by atoms with E-state index in [1.807, 2.05) is 12.1 Å². The molecule has 0 fully saturated rings. The summed E-state index contributed by atoms with van der Waals surface area (Å²) in [6.07, 6.45) is 1.62. The Morgan fingerprint density at radius 3 is 2.69 bits per heavy atom. The van der Waals surface area contributed by atoms with E-state index in [2.05, 4.69) is 29.1 Å². The van der Waals surface area contributed by atoms with Crippen LogP contribution < -0.4 is 10.9 Å². The van der Waals surface area contributed by atoms with E-state index in [-0.39, 0.29) is 11.1 Å². The molecule has 4 rings (SSSR count). The molecule has 32 heavy (non-hydrogen) atoms. The Morgan fingerprint density at radius 2 is 1.91 bits per heavy atom. The smallest absolute Gasteiger partial charge is 0.274 e. The van der Waals surface area contributed by atoms with E-state index >= 15 is 0 Å². The highest BCUT2D eigenvalue weighted by Crippen LogP contribution is 2.29. The first-order valence-corrected chi connectivity index (χ1v) is 11.1. The molecule has 0 saturated carbocycles. The average Bonchev–Trinajstić information content (AvgIpc) is 3.16. The fourth-order valence-electron chi connectivity index (χ4n) is 3.26. The molecule has 7 nitrogen and oxygen atoms in total. The summed E-state index contributed by atoms with van der Waals surface area (Å²) in [7, 11) is 0. The lowest BCUT2D eigenvalue weighted by molar-refractivity contribution is 0.102. The molecule has 1 amide bonds. The normalized spacial score (nSPS) is 11.2. The van der Waals surface area contributed by atoms with Gasteiger partial charge < -0.3 is 5.32 Å². The molecule has 4 aromatic rings. The number of nitrogens with one attached hydrogen (secondary N) is 1. The highest BCUT2D eigenvalue weighted by Gasteiger charge is 2.14. The van der Waals surface area contributed by atoms with Gasteiger partial charge in [0.1, 0.15) is 12.1 Å². The van der Waals surface area contributed by atoms with Crippen LogP contribution in [-0.4, -0.2) is 25.1 Å². The van der Waals surface area contributed by atoms with Crippen LogP contribution in [-0.2, 0) is 12.3 Å². The molecular weight excluding hydrogens is 429 g/mol. The summed E-state index contributed by atoms with van der Waals surface area (Å²) in [6.45, 7) is 4.80. The van der Waals surface area contributed by atoms with Gasteiger partial charge in [-0.2, -0.15) is 9.50 Å². The molecule has 0 spiro atoms. The largest absolute Gasteiger partial charge is 0.321 e. The number of fused-ring (bicyclic) bond motifs is 1. The molecular formula is C23H22FN5O2S. The maximum atomic E-state index is 13.9. The van der Waals surface area contributed by atoms with Gasteiger partial charge in [-0.25, -0.2) is 9.37 Å². The number of rotatable bonds is 7. The van der Waals surface area contributed by atoms with Gasteiger partial charge in [0.05, 0.1) is 16.9 Å². The SMILES string of the molecule is CC(C)Cn1cnc2nc(CSc3ccccc3NC(=O)c3ccccc3F)cc(=O)n21. The van der Waals surface area contributed by atoms with Crippen molar-refractivity contribution in [1.82, 2.24) is 19.2 Å². The Labute approximate surface area is 188 Å². The lowest BCUT2D eigenvalue weighted by Crippen LogP contribution is -2.22. The minimum absolute atomic E-state index is 0.0237. The number of hydrogen-bond donors (Lipinski definition) is 1. The van der Waals surface area contributed by atoms with Gasteiger partial charge in [0.25, 0.3) is 17.2 Å². The lowest BCUT2D eigenvalue weighted by atomic mass is 10.2. The standard InChI is InChI=1S/C23H22FN5O2S/c1-15(2)12-28-14-25-23-26-16(11-21(30)29(23)28)13-32-20-10-6-5-9-19(20)27-22(31)17-7-3-4-8-18(17)24/h3-11,14-15H,12-13H2,1-2H3,(H,27,31). The van der Waals surface area contributed by atoms with E-state index in [0.29, 0.717) is 35.4 Å². The number of amides is 1. The summed E-state index contributed by atoms with van der Waals surface area (Å²) < 4.78 is 17.2. The van der Waals surface area contributed by atoms with Crippen molar-refractivity contribution in [2.24, 2.45) is 5.92 Å². The second-order valence-electron chi connectivity index (χ2n) is 7.68. The van der Waals surface area contributed by atoms with E-state index in [0.717, 1.165) is 4.90 Å². The Morgan fingerprint density at radius 1 is 1.16 bits per heavy atom. The van der Waals surface area contributed by atoms with Crippen molar-refractivity contribution in [3.05, 3.63) is 88.4 Å². The minimum Gasteiger partial charge on any atom is -0.321 e. The van der Waals surface area contributed by atoms with E-state index in [1.165, 1.54) is 40.5 Å². The fraction of sp³-hybridized carbons (Fsp3) is 0.217. The number of nitrogens with zero attached hydrogens (tertiary/aromatic N) is 4. The summed E-state index contributed by atoms with van der Waals surface area (Å²) in [5.74, 6) is 0.0326. The van der Waals surface area contributed by atoms with Gasteiger partial charge in [-0.1, -0.05) is 38.1 Å². The first kappa shape index (κ1) is 21.8. The van der Waals surface area contributed by atoms with Crippen LogP contribution in [0.1, 0.15) is 29.9 Å². The Bertz CT molecular complexity index is 1330. The van der Waals surface area contributed by atoms with Crippen LogP contribution in [0.25, 0.3) is 5.78 Å². The van der Waals surface area contributed by atoms with Gasteiger partial charge >= 0.3 is 0 Å². The second kappa shape index (κ2) is 9.35. The van der Waals surface area contributed by atoms with Crippen molar-refractivity contribution < 1.29 is 9.18 Å². The predicted octanol–water partition coefficient (Wildman–Crippen LogP) is 4.23. The molecule has 0 aliphatic heterocycles. The summed E-state index contributed by atoms with van der Waals surface area (Å²) in [4.78, 5) is 34.7. The van der Waals surface area contributed by atoms with Crippen LogP contribution in [0.4, 0.5) is 10.1 Å². The number of para-hydroxylation sites is 1. The molecule has 0 atom stereocenters. The molecule has 2 aromatic carbocycles. The second-order valence-corrected chi connectivity index (χ2v) is 8.69. The van der Waals surface area contributed by atoms with Crippen LogP contribution in [0.2, 0.25) is 0 Å². The van der Waals surface area contributed by atoms with E-state index in [1.54, 1.807) is 29.2 Å². The third kappa shape index (κ3) is 4.72. The zero-order chi connectivity index (χ0) is 22.7. The molecule has 1 N–H and O–H groups in total. The molecule has 2 heterocycles. The van der Waals surface area contributed by atoms with Crippen molar-refractivity contribution in [1.29, 1.82) is 0 Å². The van der Waals surface area contributed by atoms with E-state index in [4.69, 9.17) is 0 Å². The molecule has 164 valence electrons. The number of benzene rings is 2. The van der Waals surface area contributed by atoms with Crippen molar-refractivity contribution in [2.75, 3.05) is 5.32 Å². The van der Waals surface area contributed by atoms with Crippen LogP contribution in [0.5, 0.6) is 0 Å². The number of carbonyl (C=O) groups is 1. The Kier molecular flexibility index (Phi) is 6.36. The van der Waals surface area contributed by atoms with Gasteiger partial charge in [0.2, 0.25) is 0 Å². The summed E-state index contributed by atoms with van der Waals surface area (Å²) in [5.41, 5.74) is 0.934. The molecule has 0 radical (unpaired) electrons. The number of aromatic nitrogens is 4. The van der Waals surface area contributed by atoms with Crippen LogP contribution in [0.15, 0.2) is 70.6 Å². The lowest BCUT2D eigenvalue weighted by Gasteiger charge is -2.11. The maximum Gasteiger partial charge on any atom is 0.274 e. The molecule has 2 aromatic heterocycles. The van der Waals surface area contributed by atoms with E-state index in [9.17, 15) is 14.0 Å². The van der Waals surface area contributed by atoms with Gasteiger partial charge in [0.15, 0.2) is 0 Å². The zero-order valence-electron chi connectivity index (χ0n) is 17.7. The third-order valence-corrected chi connectivity index (χ3v) is 5.78. The number of hydrogen-bond acceptors (Lipinski definition) is 5. The fourth-order valence-corrected chi connectivity index (χ4v) is 4.17. The van der Waals surface area contributed by atoms with Gasteiger partial charge in [-0.05, 0) is 30.2 Å². The minimum atomic E-state index is -0.579. The number of thioether (sulfide) groups is 1. The van der Waals surface area contributed by atoms with Gasteiger partial charge in [-0.15, -0.1) is 11.8 Å². The quantitative estimate of drug-likeness (QED) is 0.425. The highest BCUT2D eigenvalue weighted by atomic mass is 32.2. The monoisotopic (exact) mass is 451 g/mol. The zero-order valence-corrected chi connectivity index (χ0v) is 18.5. The van der Waals surface area contributed by atoms with Crippen molar-refractivity contribution >= 4 is 29.1 Å². The first-order chi connectivity index (χ1) is 15.4. The Balaban J connectivity index is 1.52. The molecule has 0 unspecified atom stereocenters. The van der Waals surface area contributed by atoms with Crippen molar-refractivity contribution in [2.45, 2.75) is 31.0 Å².